The van der Waals surface area contributed by atoms with E-state index in [1.807, 2.05) is 18.2 Å². The third kappa shape index (κ3) is 4.09. The summed E-state index contributed by atoms with van der Waals surface area (Å²) in [5.41, 5.74) is 2.57. The standard InChI is InChI=1S/C22H27N3O4/c1-13-18(14(2)24-19(13)22(28)29-4)20(26)15(3)25(21(27)16-8-7-9-16)12-17-10-5-6-11-23-17/h5-6,10-11,15-16,24H,7-9,12H2,1-4H3. The van der Waals surface area contributed by atoms with Crippen molar-refractivity contribution in [3.63, 3.8) is 0 Å². The third-order valence-corrected chi connectivity index (χ3v) is 5.72. The van der Waals surface area contributed by atoms with Crippen LogP contribution in [0.15, 0.2) is 24.4 Å². The smallest absolute Gasteiger partial charge is 0.354 e. The number of ether oxygens (including phenoxy) is 1. The van der Waals surface area contributed by atoms with Crippen molar-refractivity contribution in [3.8, 4) is 0 Å². The largest absolute Gasteiger partial charge is 0.464 e. The number of hydrogen-bond acceptors (Lipinski definition) is 5. The zero-order valence-corrected chi connectivity index (χ0v) is 17.3. The van der Waals surface area contributed by atoms with Crippen LogP contribution in [0.4, 0.5) is 0 Å². The van der Waals surface area contributed by atoms with Crippen LogP contribution < -0.4 is 0 Å². The average molecular weight is 397 g/mol. The number of amides is 1. The van der Waals surface area contributed by atoms with Gasteiger partial charge in [-0.25, -0.2) is 4.79 Å². The highest BCUT2D eigenvalue weighted by molar-refractivity contribution is 6.06. The molecule has 1 N–H and O–H groups in total. The van der Waals surface area contributed by atoms with Crippen LogP contribution in [0.25, 0.3) is 0 Å². The fraction of sp³-hybridized carbons (Fsp3) is 0.455. The number of H-pyrrole nitrogens is 1. The molecule has 0 radical (unpaired) electrons. The minimum absolute atomic E-state index is 0.0122. The second kappa shape index (κ2) is 8.59. The summed E-state index contributed by atoms with van der Waals surface area (Å²) in [5.74, 6) is -0.766. The van der Waals surface area contributed by atoms with Crippen molar-refractivity contribution in [2.45, 2.75) is 52.6 Å². The molecule has 1 aliphatic rings. The molecule has 2 aromatic heterocycles. The molecular weight excluding hydrogens is 370 g/mol. The molecule has 1 atom stereocenters. The van der Waals surface area contributed by atoms with Crippen molar-refractivity contribution in [2.75, 3.05) is 7.11 Å². The van der Waals surface area contributed by atoms with Gasteiger partial charge in [0.25, 0.3) is 0 Å². The summed E-state index contributed by atoms with van der Waals surface area (Å²) < 4.78 is 4.79. The van der Waals surface area contributed by atoms with E-state index >= 15 is 0 Å². The second-order valence-corrected chi connectivity index (χ2v) is 7.57. The first kappa shape index (κ1) is 20.8. The highest BCUT2D eigenvalue weighted by atomic mass is 16.5. The van der Waals surface area contributed by atoms with E-state index in [-0.39, 0.29) is 29.8 Å². The Kier molecular flexibility index (Phi) is 6.15. The molecule has 0 aliphatic heterocycles. The van der Waals surface area contributed by atoms with E-state index in [4.69, 9.17) is 4.74 Å². The predicted octanol–water partition coefficient (Wildman–Crippen LogP) is 3.21. The minimum Gasteiger partial charge on any atom is -0.464 e. The molecule has 0 bridgehead atoms. The molecule has 3 rings (SSSR count). The van der Waals surface area contributed by atoms with Gasteiger partial charge in [0, 0.05) is 23.4 Å². The topological polar surface area (TPSA) is 92.4 Å². The number of aryl methyl sites for hydroxylation is 1. The Morgan fingerprint density at radius 1 is 1.28 bits per heavy atom. The molecule has 1 unspecified atom stereocenters. The van der Waals surface area contributed by atoms with Gasteiger partial charge in [0.1, 0.15) is 5.69 Å². The van der Waals surface area contributed by atoms with Gasteiger partial charge in [-0.05, 0) is 51.3 Å². The lowest BCUT2D eigenvalue weighted by molar-refractivity contribution is -0.140. The van der Waals surface area contributed by atoms with Crippen LogP contribution in [0, 0.1) is 19.8 Å². The summed E-state index contributed by atoms with van der Waals surface area (Å²) in [7, 11) is 1.30. The van der Waals surface area contributed by atoms with E-state index in [0.717, 1.165) is 25.0 Å². The summed E-state index contributed by atoms with van der Waals surface area (Å²) in [5, 5.41) is 0. The molecule has 0 saturated heterocycles. The summed E-state index contributed by atoms with van der Waals surface area (Å²) in [6.45, 7) is 5.48. The zero-order valence-electron chi connectivity index (χ0n) is 17.3. The lowest BCUT2D eigenvalue weighted by Gasteiger charge is -2.35. The number of ketones is 1. The first-order chi connectivity index (χ1) is 13.8. The molecule has 2 aromatic rings. The van der Waals surface area contributed by atoms with E-state index in [1.54, 1.807) is 31.9 Å². The maximum atomic E-state index is 13.4. The Balaban J connectivity index is 1.91. The lowest BCUT2D eigenvalue weighted by Crippen LogP contribution is -2.47. The molecule has 29 heavy (non-hydrogen) atoms. The highest BCUT2D eigenvalue weighted by Crippen LogP contribution is 2.30. The number of nitrogens with one attached hydrogen (secondary N) is 1. The van der Waals surface area contributed by atoms with Gasteiger partial charge >= 0.3 is 5.97 Å². The van der Waals surface area contributed by atoms with Crippen LogP contribution in [-0.4, -0.2) is 45.7 Å². The molecule has 1 fully saturated rings. The molecule has 1 saturated carbocycles. The van der Waals surface area contributed by atoms with Gasteiger partial charge in [-0.3, -0.25) is 14.6 Å². The van der Waals surface area contributed by atoms with Gasteiger partial charge in [0.2, 0.25) is 5.91 Å². The van der Waals surface area contributed by atoms with Gasteiger partial charge in [0.15, 0.2) is 5.78 Å². The molecule has 7 heteroatoms. The van der Waals surface area contributed by atoms with Crippen molar-refractivity contribution >= 4 is 17.7 Å². The van der Waals surface area contributed by atoms with Crippen LogP contribution in [-0.2, 0) is 16.1 Å². The number of aromatic nitrogens is 2. The molecule has 154 valence electrons. The number of nitrogens with zero attached hydrogens (tertiary/aromatic N) is 2. The summed E-state index contributed by atoms with van der Waals surface area (Å²) in [6.07, 6.45) is 4.42. The molecule has 7 nitrogen and oxygen atoms in total. The second-order valence-electron chi connectivity index (χ2n) is 7.57. The average Bonchev–Trinajstić information content (AvgIpc) is 2.97. The van der Waals surface area contributed by atoms with Crippen LogP contribution in [0.1, 0.15) is 64.0 Å². The third-order valence-electron chi connectivity index (χ3n) is 5.72. The van der Waals surface area contributed by atoms with Gasteiger partial charge in [-0.2, -0.15) is 0 Å². The number of carbonyl (C=O) groups excluding carboxylic acids is 3. The molecule has 1 amide bonds. The molecule has 1 aliphatic carbocycles. The van der Waals surface area contributed by atoms with E-state index in [1.165, 1.54) is 7.11 Å². The first-order valence-corrected chi connectivity index (χ1v) is 9.87. The first-order valence-electron chi connectivity index (χ1n) is 9.87. The SMILES string of the molecule is COC(=O)c1[nH]c(C)c(C(=O)C(C)N(Cc2ccccn2)C(=O)C2CCC2)c1C. The fourth-order valence-electron chi connectivity index (χ4n) is 3.74. The Morgan fingerprint density at radius 2 is 2.00 bits per heavy atom. The fourth-order valence-corrected chi connectivity index (χ4v) is 3.74. The molecular formula is C22H27N3O4. The summed E-state index contributed by atoms with van der Waals surface area (Å²) in [4.78, 5) is 47.4. The Labute approximate surface area is 170 Å². The zero-order chi connectivity index (χ0) is 21.1. The van der Waals surface area contributed by atoms with Crippen LogP contribution >= 0.6 is 0 Å². The Morgan fingerprint density at radius 3 is 2.55 bits per heavy atom. The number of esters is 1. The molecule has 0 spiro atoms. The van der Waals surface area contributed by atoms with E-state index in [0.29, 0.717) is 16.8 Å². The van der Waals surface area contributed by atoms with E-state index in [2.05, 4.69) is 9.97 Å². The Bertz CT molecular complexity index is 916. The lowest BCUT2D eigenvalue weighted by atomic mass is 9.83. The predicted molar refractivity (Wildman–Crippen MR) is 108 cm³/mol. The van der Waals surface area contributed by atoms with Crippen LogP contribution in [0.2, 0.25) is 0 Å². The minimum atomic E-state index is -0.677. The maximum Gasteiger partial charge on any atom is 0.354 e. The summed E-state index contributed by atoms with van der Waals surface area (Å²) >= 11 is 0. The van der Waals surface area contributed by atoms with Gasteiger partial charge in [-0.1, -0.05) is 12.5 Å². The number of carbonyl (C=O) groups is 3. The van der Waals surface area contributed by atoms with Gasteiger partial charge in [-0.15, -0.1) is 0 Å². The number of aromatic amines is 1. The van der Waals surface area contributed by atoms with Crippen molar-refractivity contribution < 1.29 is 19.1 Å². The maximum absolute atomic E-state index is 13.4. The molecule has 2 heterocycles. The van der Waals surface area contributed by atoms with E-state index < -0.39 is 12.0 Å². The Hall–Kier alpha value is -2.96. The van der Waals surface area contributed by atoms with Crippen molar-refractivity contribution in [2.24, 2.45) is 5.92 Å². The van der Waals surface area contributed by atoms with Crippen LogP contribution in [0.3, 0.4) is 0 Å². The quantitative estimate of drug-likeness (QED) is 0.572. The monoisotopic (exact) mass is 397 g/mol. The number of hydrogen-bond donors (Lipinski definition) is 1. The normalized spacial score (nSPS) is 14.8. The highest BCUT2D eigenvalue weighted by Gasteiger charge is 2.36. The number of methoxy groups -OCH3 is 1. The van der Waals surface area contributed by atoms with Crippen LogP contribution in [0.5, 0.6) is 0 Å². The van der Waals surface area contributed by atoms with Gasteiger partial charge in [0.05, 0.1) is 25.4 Å². The van der Waals surface area contributed by atoms with Crippen molar-refractivity contribution in [3.05, 3.63) is 52.6 Å². The molecule has 0 aromatic carbocycles. The van der Waals surface area contributed by atoms with Crippen molar-refractivity contribution in [1.29, 1.82) is 0 Å². The van der Waals surface area contributed by atoms with E-state index in [9.17, 15) is 14.4 Å². The van der Waals surface area contributed by atoms with Crippen molar-refractivity contribution in [1.82, 2.24) is 14.9 Å². The number of pyridine rings is 1. The van der Waals surface area contributed by atoms with Gasteiger partial charge < -0.3 is 14.6 Å². The number of rotatable bonds is 7. The number of Topliss-reactive ketones (excluding diaryl/α,β-unsaturated/α-hetero) is 1. The summed E-state index contributed by atoms with van der Waals surface area (Å²) in [6, 6.07) is 4.85.